The summed E-state index contributed by atoms with van der Waals surface area (Å²) in [5.74, 6) is 1.70. The summed E-state index contributed by atoms with van der Waals surface area (Å²) in [6.07, 6.45) is 0. The van der Waals surface area contributed by atoms with Crippen LogP contribution in [0.25, 0.3) is 0 Å². The maximum atomic E-state index is 5.98. The fourth-order valence-electron chi connectivity index (χ4n) is 1.85. The lowest BCUT2D eigenvalue weighted by atomic mass is 10.1. The van der Waals surface area contributed by atoms with E-state index in [1.807, 2.05) is 56.1 Å². The van der Waals surface area contributed by atoms with Gasteiger partial charge in [0.05, 0.1) is 11.4 Å². The van der Waals surface area contributed by atoms with Crippen LogP contribution in [0.2, 0.25) is 0 Å². The molecule has 0 amide bonds. The van der Waals surface area contributed by atoms with E-state index in [0.717, 1.165) is 28.6 Å². The largest absolute Gasteiger partial charge is 0.446 e. The summed E-state index contributed by atoms with van der Waals surface area (Å²) in [6, 6.07) is 9.78. The van der Waals surface area contributed by atoms with E-state index in [4.69, 9.17) is 10.2 Å². The number of anilines is 3. The quantitative estimate of drug-likeness (QED) is 0.783. The van der Waals surface area contributed by atoms with Gasteiger partial charge in [0.1, 0.15) is 5.76 Å². The van der Waals surface area contributed by atoms with Crippen molar-refractivity contribution in [3.63, 3.8) is 0 Å². The number of benzene rings is 1. The molecule has 0 saturated carbocycles. The molecule has 0 unspecified atom stereocenters. The molecule has 0 fully saturated rings. The van der Waals surface area contributed by atoms with E-state index in [1.165, 1.54) is 0 Å². The topological polar surface area (TPSA) is 42.4 Å². The van der Waals surface area contributed by atoms with Crippen LogP contribution in [0.1, 0.15) is 11.3 Å². The fourth-order valence-corrected chi connectivity index (χ4v) is 1.85. The average Bonchev–Trinajstić information content (AvgIpc) is 2.64. The molecule has 1 aromatic heterocycles. The highest BCUT2D eigenvalue weighted by molar-refractivity contribution is 5.75. The number of rotatable bonds is 2. The maximum absolute atomic E-state index is 5.98. The summed E-state index contributed by atoms with van der Waals surface area (Å²) in [4.78, 5) is 1.97. The first-order valence-electron chi connectivity index (χ1n) is 5.25. The Hall–Kier alpha value is -1.90. The van der Waals surface area contributed by atoms with Gasteiger partial charge in [-0.1, -0.05) is 12.1 Å². The van der Waals surface area contributed by atoms with E-state index in [0.29, 0.717) is 0 Å². The van der Waals surface area contributed by atoms with Gasteiger partial charge in [0, 0.05) is 13.1 Å². The van der Waals surface area contributed by atoms with Crippen LogP contribution >= 0.6 is 0 Å². The Morgan fingerprint density at radius 2 is 1.88 bits per heavy atom. The van der Waals surface area contributed by atoms with Crippen LogP contribution in [0, 0.1) is 13.8 Å². The second-order valence-corrected chi connectivity index (χ2v) is 3.96. The van der Waals surface area contributed by atoms with Crippen molar-refractivity contribution >= 4 is 17.3 Å². The molecule has 2 rings (SSSR count). The number of nitrogen functional groups attached to an aromatic ring is 1. The Bertz CT molecular complexity index is 482. The van der Waals surface area contributed by atoms with Gasteiger partial charge in [-0.2, -0.15) is 0 Å². The van der Waals surface area contributed by atoms with Gasteiger partial charge in [-0.3, -0.25) is 0 Å². The minimum atomic E-state index is 0.761. The van der Waals surface area contributed by atoms with Crippen LogP contribution in [0.15, 0.2) is 34.7 Å². The van der Waals surface area contributed by atoms with Crippen molar-refractivity contribution in [3.8, 4) is 0 Å². The monoisotopic (exact) mass is 216 g/mol. The molecule has 16 heavy (non-hydrogen) atoms. The summed E-state index contributed by atoms with van der Waals surface area (Å²) in [7, 11) is 1.96. The Morgan fingerprint density at radius 1 is 1.12 bits per heavy atom. The van der Waals surface area contributed by atoms with Crippen molar-refractivity contribution in [2.75, 3.05) is 17.7 Å². The summed E-state index contributed by atoms with van der Waals surface area (Å²) in [5.41, 5.74) is 8.88. The zero-order valence-electron chi connectivity index (χ0n) is 9.82. The van der Waals surface area contributed by atoms with Gasteiger partial charge in [-0.05, 0) is 31.5 Å². The minimum Gasteiger partial charge on any atom is -0.446 e. The van der Waals surface area contributed by atoms with Gasteiger partial charge in [0.2, 0.25) is 0 Å². The molecule has 0 aliphatic carbocycles. The van der Waals surface area contributed by atoms with Crippen molar-refractivity contribution in [2.45, 2.75) is 13.8 Å². The number of hydrogen-bond donors (Lipinski definition) is 1. The molecule has 0 aliphatic rings. The lowest BCUT2D eigenvalue weighted by Gasteiger charge is -2.20. The van der Waals surface area contributed by atoms with E-state index >= 15 is 0 Å². The Labute approximate surface area is 95.5 Å². The molecule has 84 valence electrons. The third kappa shape index (κ3) is 1.76. The van der Waals surface area contributed by atoms with E-state index in [-0.39, 0.29) is 0 Å². The number of nitrogens with two attached hydrogens (primary N) is 1. The summed E-state index contributed by atoms with van der Waals surface area (Å²) in [6.45, 7) is 3.97. The molecular weight excluding hydrogens is 200 g/mol. The van der Waals surface area contributed by atoms with Gasteiger partial charge in [0.25, 0.3) is 0 Å². The molecule has 0 atom stereocenters. The van der Waals surface area contributed by atoms with Gasteiger partial charge < -0.3 is 15.1 Å². The van der Waals surface area contributed by atoms with Crippen molar-refractivity contribution in [3.05, 3.63) is 41.7 Å². The predicted octanol–water partition coefficient (Wildman–Crippen LogP) is 3.25. The molecule has 1 heterocycles. The normalized spacial score (nSPS) is 10.4. The van der Waals surface area contributed by atoms with Crippen molar-refractivity contribution in [1.82, 2.24) is 0 Å². The molecule has 0 bridgehead atoms. The van der Waals surface area contributed by atoms with Crippen LogP contribution in [0.5, 0.6) is 0 Å². The zero-order chi connectivity index (χ0) is 11.7. The fraction of sp³-hybridized carbons (Fsp3) is 0.231. The second-order valence-electron chi connectivity index (χ2n) is 3.96. The number of nitrogens with zero attached hydrogens (tertiary/aromatic N) is 1. The molecule has 0 aliphatic heterocycles. The highest BCUT2D eigenvalue weighted by Gasteiger charge is 2.12. The number of furan rings is 1. The molecule has 2 N–H and O–H groups in total. The highest BCUT2D eigenvalue weighted by atomic mass is 16.4. The van der Waals surface area contributed by atoms with Crippen LogP contribution in [-0.4, -0.2) is 7.05 Å². The number of aryl methyl sites for hydroxylation is 2. The third-order valence-electron chi connectivity index (χ3n) is 2.66. The molecule has 0 spiro atoms. The number of hydrogen-bond acceptors (Lipinski definition) is 3. The van der Waals surface area contributed by atoms with Crippen molar-refractivity contribution < 1.29 is 4.42 Å². The standard InChI is InChI=1S/C13H16N2O/c1-9-5-4-6-11(14)13(9)15(3)12-8-7-10(2)16-12/h4-8H,14H2,1-3H3. The van der Waals surface area contributed by atoms with E-state index in [1.54, 1.807) is 0 Å². The first-order chi connectivity index (χ1) is 7.59. The smallest absolute Gasteiger partial charge is 0.199 e. The SMILES string of the molecule is Cc1ccc(N(C)c2c(C)cccc2N)o1. The van der Waals surface area contributed by atoms with Crippen LogP contribution in [0.4, 0.5) is 17.3 Å². The minimum absolute atomic E-state index is 0.761. The molecule has 0 radical (unpaired) electrons. The summed E-state index contributed by atoms with van der Waals surface area (Å²) >= 11 is 0. The molecule has 0 saturated heterocycles. The molecule has 2 aromatic rings. The predicted molar refractivity (Wildman–Crippen MR) is 67.1 cm³/mol. The lowest BCUT2D eigenvalue weighted by molar-refractivity contribution is 0.538. The van der Waals surface area contributed by atoms with E-state index in [2.05, 4.69) is 0 Å². The van der Waals surface area contributed by atoms with Crippen LogP contribution in [-0.2, 0) is 0 Å². The van der Waals surface area contributed by atoms with E-state index in [9.17, 15) is 0 Å². The van der Waals surface area contributed by atoms with Gasteiger partial charge in [-0.15, -0.1) is 0 Å². The Balaban J connectivity index is 2.45. The highest BCUT2D eigenvalue weighted by Crippen LogP contribution is 2.32. The van der Waals surface area contributed by atoms with Crippen molar-refractivity contribution in [2.24, 2.45) is 0 Å². The van der Waals surface area contributed by atoms with Crippen molar-refractivity contribution in [1.29, 1.82) is 0 Å². The molecule has 3 heteroatoms. The second kappa shape index (κ2) is 3.93. The molecule has 1 aromatic carbocycles. The van der Waals surface area contributed by atoms with Crippen LogP contribution in [0.3, 0.4) is 0 Å². The van der Waals surface area contributed by atoms with E-state index < -0.39 is 0 Å². The van der Waals surface area contributed by atoms with Gasteiger partial charge >= 0.3 is 0 Å². The Morgan fingerprint density at radius 3 is 2.44 bits per heavy atom. The van der Waals surface area contributed by atoms with Gasteiger partial charge in [0.15, 0.2) is 5.88 Å². The first kappa shape index (κ1) is 10.6. The summed E-state index contributed by atoms with van der Waals surface area (Å²) < 4.78 is 5.58. The third-order valence-corrected chi connectivity index (χ3v) is 2.66. The zero-order valence-corrected chi connectivity index (χ0v) is 9.82. The summed E-state index contributed by atoms with van der Waals surface area (Å²) in [5, 5.41) is 0. The molecule has 3 nitrogen and oxygen atoms in total. The average molecular weight is 216 g/mol. The number of para-hydroxylation sites is 1. The Kier molecular flexibility index (Phi) is 2.60. The maximum Gasteiger partial charge on any atom is 0.199 e. The first-order valence-corrected chi connectivity index (χ1v) is 5.25. The van der Waals surface area contributed by atoms with Crippen LogP contribution < -0.4 is 10.6 Å². The van der Waals surface area contributed by atoms with Gasteiger partial charge in [-0.25, -0.2) is 0 Å². The lowest BCUT2D eigenvalue weighted by Crippen LogP contribution is -2.12. The molecular formula is C13H16N2O.